The minimum Gasteiger partial charge on any atom is -0.508 e. The summed E-state index contributed by atoms with van der Waals surface area (Å²) in [6.07, 6.45) is 1.67. The van der Waals surface area contributed by atoms with Crippen molar-refractivity contribution in [3.63, 3.8) is 0 Å². The van der Waals surface area contributed by atoms with Gasteiger partial charge in [0.2, 0.25) is 0 Å². The van der Waals surface area contributed by atoms with Gasteiger partial charge in [0.1, 0.15) is 23.0 Å². The van der Waals surface area contributed by atoms with E-state index in [2.05, 4.69) is 0 Å². The quantitative estimate of drug-likeness (QED) is 0.367. The zero-order valence-corrected chi connectivity index (χ0v) is 16.8. The number of phenolic OH excluding ortho intramolecular Hbond substituents is 1. The van der Waals surface area contributed by atoms with Crippen molar-refractivity contribution in [3.8, 4) is 23.0 Å². The standard InChI is InChI=1S/C25H18O6/c1-3-14(2)23(27)29-16-9-11-20-22(13-16)30-21-12-15(26)8-10-19(21)25(20)18-7-5-4-6-17(18)24(28)31-25/h3-13,26H,1-2H3. The lowest BCUT2D eigenvalue weighted by molar-refractivity contribution is -0.130. The van der Waals surface area contributed by atoms with Crippen molar-refractivity contribution in [1.82, 2.24) is 0 Å². The topological polar surface area (TPSA) is 82.1 Å². The summed E-state index contributed by atoms with van der Waals surface area (Å²) < 4.78 is 17.5. The summed E-state index contributed by atoms with van der Waals surface area (Å²) >= 11 is 0. The Balaban J connectivity index is 1.71. The predicted octanol–water partition coefficient (Wildman–Crippen LogP) is 4.83. The lowest BCUT2D eigenvalue weighted by Gasteiger charge is -2.36. The molecule has 1 spiro atoms. The summed E-state index contributed by atoms with van der Waals surface area (Å²) in [7, 11) is 0. The first-order valence-corrected chi connectivity index (χ1v) is 9.78. The van der Waals surface area contributed by atoms with E-state index in [-0.39, 0.29) is 5.75 Å². The zero-order valence-electron chi connectivity index (χ0n) is 16.8. The van der Waals surface area contributed by atoms with E-state index in [0.717, 1.165) is 0 Å². The molecule has 0 fully saturated rings. The maximum absolute atomic E-state index is 12.8. The van der Waals surface area contributed by atoms with Crippen LogP contribution >= 0.6 is 0 Å². The van der Waals surface area contributed by atoms with Gasteiger partial charge in [0, 0.05) is 34.4 Å². The highest BCUT2D eigenvalue weighted by Gasteiger charge is 2.53. The number of hydrogen-bond donors (Lipinski definition) is 1. The van der Waals surface area contributed by atoms with Crippen LogP contribution in [0.1, 0.15) is 40.9 Å². The van der Waals surface area contributed by atoms with Gasteiger partial charge in [-0.25, -0.2) is 9.59 Å². The Morgan fingerprint density at radius 2 is 1.71 bits per heavy atom. The summed E-state index contributed by atoms with van der Waals surface area (Å²) in [5.41, 5.74) is 1.60. The third-order valence-electron chi connectivity index (χ3n) is 5.63. The molecule has 2 aliphatic heterocycles. The molecule has 2 heterocycles. The highest BCUT2D eigenvalue weighted by atomic mass is 16.6. The molecule has 0 aromatic heterocycles. The van der Waals surface area contributed by atoms with Gasteiger partial charge >= 0.3 is 11.9 Å². The number of carbonyl (C=O) groups is 2. The molecule has 0 radical (unpaired) electrons. The van der Waals surface area contributed by atoms with Crippen molar-refractivity contribution >= 4 is 11.9 Å². The smallest absolute Gasteiger partial charge is 0.340 e. The number of rotatable bonds is 2. The van der Waals surface area contributed by atoms with Crippen molar-refractivity contribution in [2.45, 2.75) is 19.4 Å². The van der Waals surface area contributed by atoms with Gasteiger partial charge in [0.15, 0.2) is 5.60 Å². The molecular formula is C25H18O6. The highest BCUT2D eigenvalue weighted by Crippen LogP contribution is 2.56. The van der Waals surface area contributed by atoms with Crippen LogP contribution in [0.2, 0.25) is 0 Å². The first-order chi connectivity index (χ1) is 14.9. The predicted molar refractivity (Wildman–Crippen MR) is 111 cm³/mol. The van der Waals surface area contributed by atoms with Crippen LogP contribution < -0.4 is 9.47 Å². The molecule has 5 rings (SSSR count). The van der Waals surface area contributed by atoms with Crippen LogP contribution in [-0.2, 0) is 15.1 Å². The van der Waals surface area contributed by atoms with Crippen molar-refractivity contribution in [3.05, 3.63) is 94.6 Å². The monoisotopic (exact) mass is 414 g/mol. The zero-order chi connectivity index (χ0) is 21.8. The van der Waals surface area contributed by atoms with Crippen LogP contribution in [-0.4, -0.2) is 17.0 Å². The second-order valence-electron chi connectivity index (χ2n) is 7.42. The van der Waals surface area contributed by atoms with Crippen molar-refractivity contribution in [2.75, 3.05) is 0 Å². The van der Waals surface area contributed by atoms with Crippen molar-refractivity contribution in [2.24, 2.45) is 0 Å². The van der Waals surface area contributed by atoms with Gasteiger partial charge in [-0.15, -0.1) is 0 Å². The third kappa shape index (κ3) is 2.72. The Kier molecular flexibility index (Phi) is 4.12. The van der Waals surface area contributed by atoms with Crippen LogP contribution in [0.4, 0.5) is 0 Å². The molecule has 1 unspecified atom stereocenters. The van der Waals surface area contributed by atoms with Gasteiger partial charge in [-0.05, 0) is 44.2 Å². The Hall–Kier alpha value is -4.06. The van der Waals surface area contributed by atoms with E-state index in [1.807, 2.05) is 12.1 Å². The molecule has 0 saturated heterocycles. The largest absolute Gasteiger partial charge is 0.508 e. The lowest BCUT2D eigenvalue weighted by atomic mass is 9.77. The summed E-state index contributed by atoms with van der Waals surface area (Å²) in [5, 5.41) is 10.0. The normalized spacial score (nSPS) is 18.5. The molecule has 31 heavy (non-hydrogen) atoms. The number of allylic oxidation sites excluding steroid dienone is 1. The highest BCUT2D eigenvalue weighted by molar-refractivity contribution is 5.97. The summed E-state index contributed by atoms with van der Waals surface area (Å²) in [5.74, 6) is 0.115. The molecular weight excluding hydrogens is 396 g/mol. The summed E-state index contributed by atoms with van der Waals surface area (Å²) in [4.78, 5) is 24.9. The molecule has 1 atom stereocenters. The van der Waals surface area contributed by atoms with Gasteiger partial charge < -0.3 is 19.3 Å². The maximum atomic E-state index is 12.8. The van der Waals surface area contributed by atoms with Crippen molar-refractivity contribution < 1.29 is 28.9 Å². The average Bonchev–Trinajstić information content (AvgIpc) is 3.06. The Morgan fingerprint density at radius 3 is 2.48 bits per heavy atom. The fraction of sp³-hybridized carbons (Fsp3) is 0.120. The molecule has 2 aliphatic rings. The average molecular weight is 414 g/mol. The van der Waals surface area contributed by atoms with E-state index in [4.69, 9.17) is 14.2 Å². The fourth-order valence-electron chi connectivity index (χ4n) is 4.01. The molecule has 3 aromatic rings. The number of esters is 2. The van der Waals surface area contributed by atoms with Gasteiger partial charge in [0.05, 0.1) is 5.56 Å². The summed E-state index contributed by atoms with van der Waals surface area (Å²) in [6, 6.07) is 16.8. The fourth-order valence-corrected chi connectivity index (χ4v) is 4.01. The third-order valence-corrected chi connectivity index (χ3v) is 5.63. The number of carbonyl (C=O) groups excluding carboxylic acids is 2. The number of ether oxygens (including phenoxy) is 3. The first-order valence-electron chi connectivity index (χ1n) is 9.78. The van der Waals surface area contributed by atoms with Crippen LogP contribution in [0, 0.1) is 0 Å². The molecule has 6 heteroatoms. The van der Waals surface area contributed by atoms with E-state index < -0.39 is 17.5 Å². The number of hydrogen-bond acceptors (Lipinski definition) is 6. The van der Waals surface area contributed by atoms with Gasteiger partial charge in [-0.3, -0.25) is 0 Å². The SMILES string of the molecule is CC=C(C)C(=O)Oc1ccc2c(c1)Oc1cc(O)ccc1C21OC(=O)c2ccccc21. The number of fused-ring (bicyclic) bond motifs is 6. The second-order valence-corrected chi connectivity index (χ2v) is 7.42. The number of phenols is 1. The van der Waals surface area contributed by atoms with E-state index in [9.17, 15) is 14.7 Å². The summed E-state index contributed by atoms with van der Waals surface area (Å²) in [6.45, 7) is 3.42. The molecule has 0 amide bonds. The number of aromatic hydroxyl groups is 1. The molecule has 0 saturated carbocycles. The van der Waals surface area contributed by atoms with E-state index >= 15 is 0 Å². The Morgan fingerprint density at radius 1 is 1.00 bits per heavy atom. The maximum Gasteiger partial charge on any atom is 0.340 e. The van der Waals surface area contributed by atoms with E-state index in [0.29, 0.717) is 45.1 Å². The molecule has 6 nitrogen and oxygen atoms in total. The van der Waals surface area contributed by atoms with Gasteiger partial charge in [0.25, 0.3) is 0 Å². The first kappa shape index (κ1) is 18.9. The molecule has 0 aliphatic carbocycles. The van der Waals surface area contributed by atoms with Crippen LogP contribution in [0.15, 0.2) is 72.3 Å². The van der Waals surface area contributed by atoms with Crippen LogP contribution in [0.3, 0.4) is 0 Å². The lowest BCUT2D eigenvalue weighted by Crippen LogP contribution is -2.33. The molecule has 3 aromatic carbocycles. The Labute approximate surface area is 178 Å². The minimum atomic E-state index is -1.23. The minimum absolute atomic E-state index is 0.0150. The molecule has 1 N–H and O–H groups in total. The van der Waals surface area contributed by atoms with Gasteiger partial charge in [-0.1, -0.05) is 24.3 Å². The van der Waals surface area contributed by atoms with Crippen LogP contribution in [0.25, 0.3) is 0 Å². The molecule has 154 valence electrons. The van der Waals surface area contributed by atoms with E-state index in [1.54, 1.807) is 56.3 Å². The second kappa shape index (κ2) is 6.74. The van der Waals surface area contributed by atoms with Gasteiger partial charge in [-0.2, -0.15) is 0 Å². The molecule has 0 bridgehead atoms. The van der Waals surface area contributed by atoms with E-state index in [1.165, 1.54) is 12.1 Å². The Bertz CT molecular complexity index is 1290. The van der Waals surface area contributed by atoms with Crippen LogP contribution in [0.5, 0.6) is 23.0 Å². The number of benzene rings is 3. The van der Waals surface area contributed by atoms with Crippen molar-refractivity contribution in [1.29, 1.82) is 0 Å².